The van der Waals surface area contributed by atoms with Crippen LogP contribution in [0.5, 0.6) is 0 Å². The SMILES string of the molecule is CC(C)CCNc1ccc(C(=O)NCc2cccnc2)cn1. The van der Waals surface area contributed by atoms with Crippen LogP contribution < -0.4 is 10.6 Å². The molecular weight excluding hydrogens is 276 g/mol. The average molecular weight is 298 g/mol. The zero-order chi connectivity index (χ0) is 15.8. The average Bonchev–Trinajstić information content (AvgIpc) is 2.54. The van der Waals surface area contributed by atoms with E-state index in [1.165, 1.54) is 0 Å². The molecule has 0 aliphatic heterocycles. The van der Waals surface area contributed by atoms with Crippen molar-refractivity contribution in [1.29, 1.82) is 0 Å². The molecular formula is C17H22N4O. The Balaban J connectivity index is 1.83. The highest BCUT2D eigenvalue weighted by atomic mass is 16.1. The third-order valence-corrected chi connectivity index (χ3v) is 3.23. The third kappa shape index (κ3) is 5.16. The molecule has 22 heavy (non-hydrogen) atoms. The summed E-state index contributed by atoms with van der Waals surface area (Å²) >= 11 is 0. The molecule has 1 amide bonds. The summed E-state index contributed by atoms with van der Waals surface area (Å²) in [5.41, 5.74) is 1.52. The number of amides is 1. The van der Waals surface area contributed by atoms with E-state index in [0.29, 0.717) is 18.0 Å². The molecule has 2 rings (SSSR count). The van der Waals surface area contributed by atoms with E-state index in [0.717, 1.165) is 24.3 Å². The molecule has 0 radical (unpaired) electrons. The molecule has 0 bridgehead atoms. The van der Waals surface area contributed by atoms with Crippen molar-refractivity contribution in [2.75, 3.05) is 11.9 Å². The topological polar surface area (TPSA) is 66.9 Å². The Morgan fingerprint density at radius 1 is 1.23 bits per heavy atom. The molecule has 0 aliphatic carbocycles. The summed E-state index contributed by atoms with van der Waals surface area (Å²) < 4.78 is 0. The minimum absolute atomic E-state index is 0.134. The van der Waals surface area contributed by atoms with E-state index in [4.69, 9.17) is 0 Å². The van der Waals surface area contributed by atoms with Crippen molar-refractivity contribution in [3.63, 3.8) is 0 Å². The highest BCUT2D eigenvalue weighted by Gasteiger charge is 2.06. The Labute approximate surface area is 131 Å². The molecule has 0 fully saturated rings. The minimum atomic E-state index is -0.134. The van der Waals surface area contributed by atoms with E-state index in [9.17, 15) is 4.79 Å². The van der Waals surface area contributed by atoms with Crippen LogP contribution >= 0.6 is 0 Å². The number of carbonyl (C=O) groups is 1. The van der Waals surface area contributed by atoms with Crippen molar-refractivity contribution >= 4 is 11.7 Å². The van der Waals surface area contributed by atoms with Crippen LogP contribution in [0.2, 0.25) is 0 Å². The summed E-state index contributed by atoms with van der Waals surface area (Å²) in [6, 6.07) is 7.39. The van der Waals surface area contributed by atoms with Gasteiger partial charge in [0.2, 0.25) is 0 Å². The normalized spacial score (nSPS) is 10.5. The van der Waals surface area contributed by atoms with Crippen LogP contribution in [-0.4, -0.2) is 22.4 Å². The van der Waals surface area contributed by atoms with E-state index >= 15 is 0 Å². The van der Waals surface area contributed by atoms with Gasteiger partial charge in [-0.1, -0.05) is 19.9 Å². The van der Waals surface area contributed by atoms with Gasteiger partial charge in [0.25, 0.3) is 5.91 Å². The summed E-state index contributed by atoms with van der Waals surface area (Å²) in [7, 11) is 0. The lowest BCUT2D eigenvalue weighted by Gasteiger charge is -2.08. The van der Waals surface area contributed by atoms with Gasteiger partial charge in [0.15, 0.2) is 0 Å². The summed E-state index contributed by atoms with van der Waals surface area (Å²) in [4.78, 5) is 20.3. The summed E-state index contributed by atoms with van der Waals surface area (Å²) in [5, 5.41) is 6.10. The van der Waals surface area contributed by atoms with Crippen molar-refractivity contribution < 1.29 is 4.79 Å². The van der Waals surface area contributed by atoms with Crippen molar-refractivity contribution in [3.8, 4) is 0 Å². The van der Waals surface area contributed by atoms with Gasteiger partial charge in [-0.2, -0.15) is 0 Å². The van der Waals surface area contributed by atoms with E-state index in [1.54, 1.807) is 24.7 Å². The highest BCUT2D eigenvalue weighted by Crippen LogP contribution is 2.07. The Kier molecular flexibility index (Phi) is 5.89. The lowest BCUT2D eigenvalue weighted by Crippen LogP contribution is -2.23. The molecule has 0 spiro atoms. The maximum atomic E-state index is 12.0. The van der Waals surface area contributed by atoms with Crippen molar-refractivity contribution in [2.45, 2.75) is 26.8 Å². The molecule has 0 aromatic carbocycles. The van der Waals surface area contributed by atoms with E-state index < -0.39 is 0 Å². The first-order valence-corrected chi connectivity index (χ1v) is 7.52. The van der Waals surface area contributed by atoms with Gasteiger partial charge in [-0.3, -0.25) is 9.78 Å². The van der Waals surface area contributed by atoms with Gasteiger partial charge in [-0.25, -0.2) is 4.98 Å². The number of hydrogen-bond acceptors (Lipinski definition) is 4. The fourth-order valence-electron chi connectivity index (χ4n) is 1.91. The smallest absolute Gasteiger partial charge is 0.253 e. The van der Waals surface area contributed by atoms with Crippen LogP contribution in [-0.2, 0) is 6.54 Å². The van der Waals surface area contributed by atoms with Gasteiger partial charge in [0, 0.05) is 31.7 Å². The van der Waals surface area contributed by atoms with Gasteiger partial charge in [0.05, 0.1) is 5.56 Å². The lowest BCUT2D eigenvalue weighted by molar-refractivity contribution is 0.0950. The molecule has 0 unspecified atom stereocenters. The first-order valence-electron chi connectivity index (χ1n) is 7.52. The highest BCUT2D eigenvalue weighted by molar-refractivity contribution is 5.93. The molecule has 5 heteroatoms. The maximum absolute atomic E-state index is 12.0. The first kappa shape index (κ1) is 15.9. The van der Waals surface area contributed by atoms with Gasteiger partial charge in [-0.15, -0.1) is 0 Å². The molecule has 5 nitrogen and oxygen atoms in total. The molecule has 2 N–H and O–H groups in total. The van der Waals surface area contributed by atoms with Crippen molar-refractivity contribution in [2.24, 2.45) is 5.92 Å². The van der Waals surface area contributed by atoms with E-state index in [-0.39, 0.29) is 5.91 Å². The van der Waals surface area contributed by atoms with Gasteiger partial charge in [0.1, 0.15) is 5.82 Å². The fourth-order valence-corrected chi connectivity index (χ4v) is 1.91. The summed E-state index contributed by atoms with van der Waals surface area (Å²) in [5.74, 6) is 1.32. The second kappa shape index (κ2) is 8.12. The summed E-state index contributed by atoms with van der Waals surface area (Å²) in [6.45, 7) is 5.72. The number of nitrogens with one attached hydrogen (secondary N) is 2. The van der Waals surface area contributed by atoms with Crippen LogP contribution in [0.3, 0.4) is 0 Å². The van der Waals surface area contributed by atoms with Crippen LogP contribution in [0.15, 0.2) is 42.9 Å². The molecule has 0 saturated heterocycles. The van der Waals surface area contributed by atoms with Crippen molar-refractivity contribution in [3.05, 3.63) is 54.0 Å². The van der Waals surface area contributed by atoms with Gasteiger partial charge in [-0.05, 0) is 36.1 Å². The maximum Gasteiger partial charge on any atom is 0.253 e. The van der Waals surface area contributed by atoms with E-state index in [1.807, 2.05) is 18.2 Å². The molecule has 0 saturated carbocycles. The van der Waals surface area contributed by atoms with Crippen LogP contribution in [0.4, 0.5) is 5.82 Å². The zero-order valence-electron chi connectivity index (χ0n) is 13.0. The largest absolute Gasteiger partial charge is 0.370 e. The fraction of sp³-hybridized carbons (Fsp3) is 0.353. The molecule has 2 aromatic rings. The molecule has 0 aliphatic rings. The standard InChI is InChI=1S/C17H22N4O/c1-13(2)7-9-19-16-6-5-15(12-20-16)17(22)21-11-14-4-3-8-18-10-14/h3-6,8,10,12-13H,7,9,11H2,1-2H3,(H,19,20)(H,21,22). The zero-order valence-corrected chi connectivity index (χ0v) is 13.0. The number of pyridine rings is 2. The van der Waals surface area contributed by atoms with Gasteiger partial charge >= 0.3 is 0 Å². The van der Waals surface area contributed by atoms with Crippen LogP contribution in [0.25, 0.3) is 0 Å². The first-order chi connectivity index (χ1) is 10.6. The second-order valence-electron chi connectivity index (χ2n) is 5.59. The number of hydrogen-bond donors (Lipinski definition) is 2. The molecule has 2 aromatic heterocycles. The number of rotatable bonds is 7. The Hall–Kier alpha value is -2.43. The predicted octanol–water partition coefficient (Wildman–Crippen LogP) is 2.86. The number of carbonyl (C=O) groups excluding carboxylic acids is 1. The van der Waals surface area contributed by atoms with E-state index in [2.05, 4.69) is 34.4 Å². The number of aromatic nitrogens is 2. The molecule has 2 heterocycles. The number of anilines is 1. The Morgan fingerprint density at radius 2 is 2.09 bits per heavy atom. The number of nitrogens with zero attached hydrogens (tertiary/aromatic N) is 2. The molecule has 0 atom stereocenters. The predicted molar refractivity (Wildman–Crippen MR) is 87.6 cm³/mol. The molecule has 116 valence electrons. The third-order valence-electron chi connectivity index (χ3n) is 3.23. The minimum Gasteiger partial charge on any atom is -0.370 e. The Bertz CT molecular complexity index is 581. The second-order valence-corrected chi connectivity index (χ2v) is 5.59. The van der Waals surface area contributed by atoms with Crippen LogP contribution in [0, 0.1) is 5.92 Å². The van der Waals surface area contributed by atoms with Gasteiger partial charge < -0.3 is 10.6 Å². The monoisotopic (exact) mass is 298 g/mol. The Morgan fingerprint density at radius 3 is 2.73 bits per heavy atom. The lowest BCUT2D eigenvalue weighted by atomic mass is 10.1. The quantitative estimate of drug-likeness (QED) is 0.825. The van der Waals surface area contributed by atoms with Crippen molar-refractivity contribution in [1.82, 2.24) is 15.3 Å². The van der Waals surface area contributed by atoms with Crippen LogP contribution in [0.1, 0.15) is 36.2 Å². The summed E-state index contributed by atoms with van der Waals surface area (Å²) in [6.07, 6.45) is 6.13.